The van der Waals surface area contributed by atoms with Crippen LogP contribution in [0.1, 0.15) is 22.8 Å². The molecular weight excluding hydrogens is 216 g/mol. The number of nitrogens with zero attached hydrogens (tertiary/aromatic N) is 1. The lowest BCUT2D eigenvalue weighted by atomic mass is 10.1. The van der Waals surface area contributed by atoms with Crippen LogP contribution in [-0.2, 0) is 6.54 Å². The molecule has 0 aliphatic rings. The second-order valence-electron chi connectivity index (χ2n) is 4.48. The van der Waals surface area contributed by atoms with Crippen LogP contribution in [0.25, 0.3) is 10.9 Å². The molecule has 0 amide bonds. The molecule has 1 aromatic heterocycles. The average Bonchev–Trinajstić information content (AvgIpc) is 2.58. The van der Waals surface area contributed by atoms with Gasteiger partial charge in [0.1, 0.15) is 0 Å². The van der Waals surface area contributed by atoms with Crippen molar-refractivity contribution in [3.8, 4) is 0 Å². The van der Waals surface area contributed by atoms with Crippen LogP contribution in [0, 0.1) is 6.92 Å². The van der Waals surface area contributed by atoms with Crippen molar-refractivity contribution in [3.05, 3.63) is 35.5 Å². The van der Waals surface area contributed by atoms with Crippen molar-refractivity contribution >= 4 is 16.9 Å². The maximum Gasteiger partial charge on any atom is 0.336 e. The fourth-order valence-corrected chi connectivity index (χ4v) is 2.05. The van der Waals surface area contributed by atoms with Gasteiger partial charge in [0.25, 0.3) is 0 Å². The fourth-order valence-electron chi connectivity index (χ4n) is 2.05. The maximum absolute atomic E-state index is 11.1. The highest BCUT2D eigenvalue weighted by molar-refractivity contribution is 5.95. The predicted molar refractivity (Wildman–Crippen MR) is 67.3 cm³/mol. The molecule has 4 nitrogen and oxygen atoms in total. The van der Waals surface area contributed by atoms with E-state index in [-0.39, 0.29) is 6.04 Å². The van der Waals surface area contributed by atoms with Crippen molar-refractivity contribution < 1.29 is 9.90 Å². The van der Waals surface area contributed by atoms with Crippen molar-refractivity contribution in [2.24, 2.45) is 5.73 Å². The van der Waals surface area contributed by atoms with Crippen LogP contribution < -0.4 is 5.73 Å². The van der Waals surface area contributed by atoms with Crippen molar-refractivity contribution in [2.45, 2.75) is 26.4 Å². The smallest absolute Gasteiger partial charge is 0.336 e. The largest absolute Gasteiger partial charge is 0.478 e. The zero-order valence-corrected chi connectivity index (χ0v) is 9.97. The van der Waals surface area contributed by atoms with Crippen LogP contribution in [-0.4, -0.2) is 21.7 Å². The van der Waals surface area contributed by atoms with Crippen molar-refractivity contribution in [2.75, 3.05) is 0 Å². The van der Waals surface area contributed by atoms with Crippen LogP contribution in [0.15, 0.2) is 24.4 Å². The van der Waals surface area contributed by atoms with Crippen molar-refractivity contribution in [3.63, 3.8) is 0 Å². The molecule has 1 atom stereocenters. The van der Waals surface area contributed by atoms with Gasteiger partial charge in [-0.25, -0.2) is 4.79 Å². The minimum atomic E-state index is -0.891. The van der Waals surface area contributed by atoms with E-state index < -0.39 is 5.97 Å². The third-order valence-electron chi connectivity index (χ3n) is 2.83. The molecule has 1 unspecified atom stereocenters. The summed E-state index contributed by atoms with van der Waals surface area (Å²) in [4.78, 5) is 11.1. The Morgan fingerprint density at radius 1 is 1.53 bits per heavy atom. The molecule has 4 heteroatoms. The van der Waals surface area contributed by atoms with Crippen LogP contribution in [0.5, 0.6) is 0 Å². The lowest BCUT2D eigenvalue weighted by Crippen LogP contribution is -2.21. The Morgan fingerprint density at radius 3 is 2.82 bits per heavy atom. The molecule has 2 rings (SSSR count). The van der Waals surface area contributed by atoms with Crippen molar-refractivity contribution in [1.29, 1.82) is 0 Å². The second-order valence-corrected chi connectivity index (χ2v) is 4.48. The van der Waals surface area contributed by atoms with Crippen LogP contribution in [0.4, 0.5) is 0 Å². The van der Waals surface area contributed by atoms with Gasteiger partial charge in [0.2, 0.25) is 0 Å². The van der Waals surface area contributed by atoms with Crippen LogP contribution in [0.2, 0.25) is 0 Å². The van der Waals surface area contributed by atoms with Gasteiger partial charge in [0.05, 0.1) is 5.56 Å². The summed E-state index contributed by atoms with van der Waals surface area (Å²) in [6, 6.07) is 5.64. The third-order valence-corrected chi connectivity index (χ3v) is 2.83. The molecule has 1 aromatic carbocycles. The molecule has 3 N–H and O–H groups in total. The van der Waals surface area contributed by atoms with Gasteiger partial charge in [-0.15, -0.1) is 0 Å². The Morgan fingerprint density at radius 2 is 2.24 bits per heavy atom. The number of nitrogens with two attached hydrogens (primary N) is 1. The number of rotatable bonds is 3. The summed E-state index contributed by atoms with van der Waals surface area (Å²) >= 11 is 0. The molecule has 0 saturated carbocycles. The number of hydrogen-bond acceptors (Lipinski definition) is 2. The molecule has 0 spiro atoms. The number of carboxylic acid groups (broad SMARTS) is 1. The Hall–Kier alpha value is -1.81. The van der Waals surface area contributed by atoms with Crippen LogP contribution >= 0.6 is 0 Å². The Kier molecular flexibility index (Phi) is 2.90. The molecule has 90 valence electrons. The maximum atomic E-state index is 11.1. The number of carboxylic acids is 1. The minimum Gasteiger partial charge on any atom is -0.478 e. The van der Waals surface area contributed by atoms with Crippen LogP contribution in [0.3, 0.4) is 0 Å². The molecule has 0 radical (unpaired) electrons. The van der Waals surface area contributed by atoms with E-state index in [9.17, 15) is 4.79 Å². The van der Waals surface area contributed by atoms with E-state index in [1.807, 2.05) is 36.7 Å². The summed E-state index contributed by atoms with van der Waals surface area (Å²) < 4.78 is 1.99. The van der Waals surface area contributed by atoms with Gasteiger partial charge in [-0.1, -0.05) is 0 Å². The predicted octanol–water partition coefficient (Wildman–Crippen LogP) is 2.00. The standard InChI is InChI=1S/C13H16N2O2/c1-8-5-10-3-4-15(7-9(2)14)12(10)6-11(8)13(16)17/h3-6,9H,7,14H2,1-2H3,(H,16,17). The van der Waals surface area contributed by atoms with E-state index in [4.69, 9.17) is 10.8 Å². The summed E-state index contributed by atoms with van der Waals surface area (Å²) in [5.74, 6) is -0.891. The number of aromatic carboxylic acids is 1. The number of carbonyl (C=O) groups is 1. The number of aromatic nitrogens is 1. The number of aryl methyl sites for hydroxylation is 1. The Labute approximate surface area is 99.7 Å². The summed E-state index contributed by atoms with van der Waals surface area (Å²) in [6.45, 7) is 4.43. The molecule has 0 saturated heterocycles. The highest BCUT2D eigenvalue weighted by Crippen LogP contribution is 2.21. The SMILES string of the molecule is Cc1cc2ccn(CC(C)N)c2cc1C(=O)O. The molecule has 0 bridgehead atoms. The molecule has 2 aromatic rings. The zero-order valence-electron chi connectivity index (χ0n) is 9.97. The number of fused-ring (bicyclic) bond motifs is 1. The summed E-state index contributed by atoms with van der Waals surface area (Å²) in [5.41, 5.74) is 7.82. The topological polar surface area (TPSA) is 68.2 Å². The van der Waals surface area contributed by atoms with Gasteiger partial charge in [-0.05, 0) is 43.0 Å². The first-order valence-electron chi connectivity index (χ1n) is 5.57. The van der Waals surface area contributed by atoms with E-state index in [1.165, 1.54) is 0 Å². The molecule has 0 fully saturated rings. The van der Waals surface area contributed by atoms with E-state index in [0.29, 0.717) is 12.1 Å². The Bertz CT molecular complexity index is 570. The molecule has 0 aliphatic heterocycles. The molecular formula is C13H16N2O2. The zero-order chi connectivity index (χ0) is 12.6. The molecule has 17 heavy (non-hydrogen) atoms. The quantitative estimate of drug-likeness (QED) is 0.850. The van der Waals surface area contributed by atoms with E-state index >= 15 is 0 Å². The summed E-state index contributed by atoms with van der Waals surface area (Å²) in [7, 11) is 0. The second kappa shape index (κ2) is 4.22. The monoisotopic (exact) mass is 232 g/mol. The van der Waals surface area contributed by atoms with Crippen molar-refractivity contribution in [1.82, 2.24) is 4.57 Å². The number of hydrogen-bond donors (Lipinski definition) is 2. The van der Waals surface area contributed by atoms with Gasteiger partial charge in [-0.3, -0.25) is 0 Å². The minimum absolute atomic E-state index is 0.0418. The van der Waals surface area contributed by atoms with E-state index in [0.717, 1.165) is 16.5 Å². The Balaban J connectivity index is 2.59. The highest BCUT2D eigenvalue weighted by atomic mass is 16.4. The van der Waals surface area contributed by atoms with Gasteiger partial charge in [-0.2, -0.15) is 0 Å². The normalized spacial score (nSPS) is 12.9. The van der Waals surface area contributed by atoms with Gasteiger partial charge in [0.15, 0.2) is 0 Å². The molecule has 0 aliphatic carbocycles. The van der Waals surface area contributed by atoms with Gasteiger partial charge >= 0.3 is 5.97 Å². The molecule has 1 heterocycles. The van der Waals surface area contributed by atoms with Gasteiger partial charge < -0.3 is 15.4 Å². The summed E-state index contributed by atoms with van der Waals surface area (Å²) in [5, 5.41) is 10.2. The van der Waals surface area contributed by atoms with E-state index in [1.54, 1.807) is 6.07 Å². The third kappa shape index (κ3) is 2.17. The lowest BCUT2D eigenvalue weighted by molar-refractivity contribution is 0.0696. The average molecular weight is 232 g/mol. The first-order valence-corrected chi connectivity index (χ1v) is 5.57. The van der Waals surface area contributed by atoms with Gasteiger partial charge in [0, 0.05) is 24.3 Å². The first kappa shape index (κ1) is 11.7. The summed E-state index contributed by atoms with van der Waals surface area (Å²) in [6.07, 6.45) is 1.94. The number of benzene rings is 1. The fraction of sp³-hybridized carbons (Fsp3) is 0.308. The lowest BCUT2D eigenvalue weighted by Gasteiger charge is -2.09. The highest BCUT2D eigenvalue weighted by Gasteiger charge is 2.11. The van der Waals surface area contributed by atoms with E-state index in [2.05, 4.69) is 0 Å². The first-order chi connectivity index (χ1) is 7.99.